The minimum absolute atomic E-state index is 0.0869. The average Bonchev–Trinajstić information content (AvgIpc) is 3.16. The van der Waals surface area contributed by atoms with Gasteiger partial charge in [0, 0.05) is 37.3 Å². The summed E-state index contributed by atoms with van der Waals surface area (Å²) in [6, 6.07) is 9.49. The van der Waals surface area contributed by atoms with Gasteiger partial charge in [0.15, 0.2) is 5.76 Å². The molecule has 0 aromatic heterocycles. The van der Waals surface area contributed by atoms with E-state index in [1.54, 1.807) is 13.2 Å². The van der Waals surface area contributed by atoms with Crippen molar-refractivity contribution in [3.8, 4) is 17.2 Å². The second-order valence-corrected chi connectivity index (χ2v) is 8.71. The zero-order valence-corrected chi connectivity index (χ0v) is 19.3. The highest BCUT2D eigenvalue weighted by molar-refractivity contribution is 6.15. The summed E-state index contributed by atoms with van der Waals surface area (Å²) in [7, 11) is 1.63. The minimum Gasteiger partial charge on any atom is -0.497 e. The van der Waals surface area contributed by atoms with E-state index < -0.39 is 0 Å². The molecule has 2 aromatic carbocycles. The first-order valence-corrected chi connectivity index (χ1v) is 11.5. The molecule has 3 aliphatic rings. The van der Waals surface area contributed by atoms with Gasteiger partial charge in [0.25, 0.3) is 0 Å². The van der Waals surface area contributed by atoms with Crippen LogP contribution < -0.4 is 14.2 Å². The molecule has 1 fully saturated rings. The van der Waals surface area contributed by atoms with Crippen molar-refractivity contribution in [2.45, 2.75) is 19.9 Å². The number of nitrogens with zero attached hydrogens (tertiary/aromatic N) is 2. The molecule has 0 N–H and O–H groups in total. The van der Waals surface area contributed by atoms with Crippen molar-refractivity contribution >= 4 is 11.9 Å². The fraction of sp³-hybridized carbons (Fsp3) is 0.423. The molecular formula is C26H30N2O5. The number of Topliss-reactive ketones (excluding diaryl/α,β-unsaturated/α-hetero) is 1. The van der Waals surface area contributed by atoms with Crippen molar-refractivity contribution in [2.24, 2.45) is 0 Å². The highest BCUT2D eigenvalue weighted by Crippen LogP contribution is 2.43. The van der Waals surface area contributed by atoms with E-state index in [1.165, 1.54) is 0 Å². The lowest BCUT2D eigenvalue weighted by Gasteiger charge is -2.31. The van der Waals surface area contributed by atoms with E-state index in [0.717, 1.165) is 80.5 Å². The standard InChI is InChI=1S/C26H30N2O5/c1-18-25-20(16-28(17-32-25)9-3-8-27-10-12-31-13-11-27)15-22-24(29)23(33-26(18)22)14-19-4-6-21(30-2)7-5-19/h4-7,14-15H,3,8-13,16-17H2,1-2H3. The Hall–Kier alpha value is -2.87. The van der Waals surface area contributed by atoms with Crippen molar-refractivity contribution in [2.75, 3.05) is 53.2 Å². The van der Waals surface area contributed by atoms with Crippen LogP contribution in [0.2, 0.25) is 0 Å². The quantitative estimate of drug-likeness (QED) is 0.625. The molecule has 7 nitrogen and oxygen atoms in total. The number of hydrogen-bond donors (Lipinski definition) is 0. The van der Waals surface area contributed by atoms with Gasteiger partial charge in [0.2, 0.25) is 5.78 Å². The van der Waals surface area contributed by atoms with Crippen LogP contribution in [0.15, 0.2) is 36.1 Å². The van der Waals surface area contributed by atoms with Crippen molar-refractivity contribution in [3.05, 3.63) is 58.3 Å². The van der Waals surface area contributed by atoms with Gasteiger partial charge >= 0.3 is 0 Å². The Morgan fingerprint density at radius 3 is 2.58 bits per heavy atom. The predicted octanol–water partition coefficient (Wildman–Crippen LogP) is 3.49. The summed E-state index contributed by atoms with van der Waals surface area (Å²) in [6.07, 6.45) is 2.86. The van der Waals surface area contributed by atoms with E-state index in [0.29, 0.717) is 23.8 Å². The number of ether oxygens (including phenoxy) is 4. The van der Waals surface area contributed by atoms with Crippen molar-refractivity contribution in [1.82, 2.24) is 9.80 Å². The van der Waals surface area contributed by atoms with Gasteiger partial charge in [-0.2, -0.15) is 0 Å². The molecule has 2 aromatic rings. The largest absolute Gasteiger partial charge is 0.497 e. The summed E-state index contributed by atoms with van der Waals surface area (Å²) in [6.45, 7) is 9.01. The second-order valence-electron chi connectivity index (χ2n) is 8.71. The molecule has 7 heteroatoms. The van der Waals surface area contributed by atoms with Crippen LogP contribution in [0.1, 0.15) is 33.5 Å². The minimum atomic E-state index is -0.0869. The first-order valence-electron chi connectivity index (χ1n) is 11.5. The summed E-state index contributed by atoms with van der Waals surface area (Å²) in [5.74, 6) is 2.48. The first-order chi connectivity index (χ1) is 16.1. The molecule has 1 saturated heterocycles. The normalized spacial score (nSPS) is 19.7. The van der Waals surface area contributed by atoms with Crippen LogP contribution in [0.25, 0.3) is 6.08 Å². The number of ketones is 1. The van der Waals surface area contributed by atoms with E-state index in [-0.39, 0.29) is 5.78 Å². The molecule has 3 heterocycles. The molecular weight excluding hydrogens is 420 g/mol. The Morgan fingerprint density at radius 1 is 1.06 bits per heavy atom. The lowest BCUT2D eigenvalue weighted by atomic mass is 10.00. The van der Waals surface area contributed by atoms with E-state index in [9.17, 15) is 4.79 Å². The molecule has 0 radical (unpaired) electrons. The monoisotopic (exact) mass is 450 g/mol. The van der Waals surface area contributed by atoms with Crippen LogP contribution in [-0.2, 0) is 11.3 Å². The Morgan fingerprint density at radius 2 is 1.82 bits per heavy atom. The topological polar surface area (TPSA) is 60.5 Å². The number of allylic oxidation sites excluding steroid dienone is 1. The number of morpholine rings is 1. The fourth-order valence-electron chi connectivity index (χ4n) is 4.63. The zero-order chi connectivity index (χ0) is 22.8. The van der Waals surface area contributed by atoms with Gasteiger partial charge in [0.05, 0.1) is 25.9 Å². The third kappa shape index (κ3) is 4.62. The Labute approximate surface area is 194 Å². The highest BCUT2D eigenvalue weighted by atomic mass is 16.5. The summed E-state index contributed by atoms with van der Waals surface area (Å²) in [5, 5.41) is 0. The number of fused-ring (bicyclic) bond motifs is 2. The second kappa shape index (κ2) is 9.55. The van der Waals surface area contributed by atoms with E-state index in [1.807, 2.05) is 37.3 Å². The van der Waals surface area contributed by atoms with Crippen molar-refractivity contribution in [3.63, 3.8) is 0 Å². The number of rotatable bonds is 6. The first kappa shape index (κ1) is 21.9. The maximum absolute atomic E-state index is 13.1. The van der Waals surface area contributed by atoms with Crippen molar-refractivity contribution in [1.29, 1.82) is 0 Å². The molecule has 33 heavy (non-hydrogen) atoms. The smallest absolute Gasteiger partial charge is 0.231 e. The van der Waals surface area contributed by atoms with E-state index >= 15 is 0 Å². The number of methoxy groups -OCH3 is 1. The van der Waals surface area contributed by atoms with Crippen LogP contribution in [0.3, 0.4) is 0 Å². The number of carbonyl (C=O) groups is 1. The van der Waals surface area contributed by atoms with Gasteiger partial charge in [0.1, 0.15) is 24.0 Å². The average molecular weight is 451 g/mol. The van der Waals surface area contributed by atoms with Crippen LogP contribution in [-0.4, -0.2) is 68.8 Å². The third-order valence-electron chi connectivity index (χ3n) is 6.47. The van der Waals surface area contributed by atoms with Crippen LogP contribution in [0, 0.1) is 6.92 Å². The maximum atomic E-state index is 13.1. The van der Waals surface area contributed by atoms with Gasteiger partial charge < -0.3 is 18.9 Å². The summed E-state index contributed by atoms with van der Waals surface area (Å²) >= 11 is 0. The molecule has 0 saturated carbocycles. The number of hydrogen-bond acceptors (Lipinski definition) is 7. The number of benzene rings is 2. The molecule has 0 atom stereocenters. The van der Waals surface area contributed by atoms with E-state index in [4.69, 9.17) is 18.9 Å². The van der Waals surface area contributed by atoms with Crippen LogP contribution in [0.5, 0.6) is 17.2 Å². The van der Waals surface area contributed by atoms with Gasteiger partial charge in [-0.3, -0.25) is 14.6 Å². The van der Waals surface area contributed by atoms with Gasteiger partial charge in [-0.1, -0.05) is 12.1 Å². The van der Waals surface area contributed by atoms with Gasteiger partial charge in [-0.15, -0.1) is 0 Å². The Kier molecular flexibility index (Phi) is 6.35. The number of carbonyl (C=O) groups excluding carboxylic acids is 1. The fourth-order valence-corrected chi connectivity index (χ4v) is 4.63. The Balaban J connectivity index is 1.28. The van der Waals surface area contributed by atoms with E-state index in [2.05, 4.69) is 9.80 Å². The summed E-state index contributed by atoms with van der Waals surface area (Å²) in [5.41, 5.74) is 3.44. The summed E-state index contributed by atoms with van der Waals surface area (Å²) in [4.78, 5) is 17.8. The highest BCUT2D eigenvalue weighted by Gasteiger charge is 2.33. The molecule has 5 rings (SSSR count). The molecule has 0 spiro atoms. The third-order valence-corrected chi connectivity index (χ3v) is 6.47. The SMILES string of the molecule is COc1ccc(C=C2Oc3c(cc4c(c3C)OCN(CCCN3CCOCC3)C4)C2=O)cc1. The van der Waals surface area contributed by atoms with Crippen LogP contribution in [0.4, 0.5) is 0 Å². The lowest BCUT2D eigenvalue weighted by Crippen LogP contribution is -2.39. The Bertz CT molecular complexity index is 1060. The summed E-state index contributed by atoms with van der Waals surface area (Å²) < 4.78 is 22.7. The lowest BCUT2D eigenvalue weighted by molar-refractivity contribution is 0.0329. The maximum Gasteiger partial charge on any atom is 0.231 e. The van der Waals surface area contributed by atoms with Crippen molar-refractivity contribution < 1.29 is 23.7 Å². The molecule has 0 aliphatic carbocycles. The van der Waals surface area contributed by atoms with Crippen LogP contribution >= 0.6 is 0 Å². The van der Waals surface area contributed by atoms with Gasteiger partial charge in [-0.25, -0.2) is 0 Å². The molecule has 174 valence electrons. The molecule has 3 aliphatic heterocycles. The molecule has 0 amide bonds. The molecule has 0 unspecified atom stereocenters. The van der Waals surface area contributed by atoms with Gasteiger partial charge in [-0.05, 0) is 49.7 Å². The zero-order valence-electron chi connectivity index (χ0n) is 19.3. The molecule has 0 bridgehead atoms. The predicted molar refractivity (Wildman–Crippen MR) is 125 cm³/mol.